The third-order valence-electron chi connectivity index (χ3n) is 4.35. The minimum absolute atomic E-state index is 0.503. The number of piperidine rings is 1. The molecule has 1 aromatic rings. The second kappa shape index (κ2) is 9.69. The van der Waals surface area contributed by atoms with Crippen LogP contribution in [0.3, 0.4) is 0 Å². The zero-order valence-corrected chi connectivity index (χ0v) is 15.3. The van der Waals surface area contributed by atoms with Crippen LogP contribution in [0.2, 0.25) is 0 Å². The summed E-state index contributed by atoms with van der Waals surface area (Å²) in [7, 11) is 0. The number of rotatable bonds is 6. The Balaban J connectivity index is 1.72. The first-order valence-electron chi connectivity index (χ1n) is 8.51. The standard InChI is InChI=1S/C18H27N3O2S/c1-14-5-3-4-11-21(14)12-10-19-17(22)18(23)20-16-8-6-15(7-9-16)13-24-2/h6-9,14H,3-5,10-13H2,1-2H3,(H,19,22)(H,20,23)/t14-/m1/s1. The molecule has 1 saturated heterocycles. The van der Waals surface area contributed by atoms with Crippen LogP contribution >= 0.6 is 11.8 Å². The molecule has 6 heteroatoms. The Hall–Kier alpha value is -1.53. The number of hydrogen-bond acceptors (Lipinski definition) is 4. The first kappa shape index (κ1) is 18.8. The number of anilines is 1. The summed E-state index contributed by atoms with van der Waals surface area (Å²) in [6.45, 7) is 4.59. The van der Waals surface area contributed by atoms with Gasteiger partial charge in [-0.1, -0.05) is 18.6 Å². The highest BCUT2D eigenvalue weighted by Crippen LogP contribution is 2.15. The maximum atomic E-state index is 11.9. The van der Waals surface area contributed by atoms with Crippen LogP contribution in [0.4, 0.5) is 5.69 Å². The van der Waals surface area contributed by atoms with Crippen LogP contribution in [0.1, 0.15) is 31.7 Å². The van der Waals surface area contributed by atoms with Gasteiger partial charge in [0, 0.05) is 30.6 Å². The van der Waals surface area contributed by atoms with Gasteiger partial charge < -0.3 is 10.6 Å². The maximum absolute atomic E-state index is 11.9. The number of amides is 2. The molecule has 1 atom stereocenters. The number of hydrogen-bond donors (Lipinski definition) is 2. The Labute approximate surface area is 148 Å². The van der Waals surface area contributed by atoms with Gasteiger partial charge in [0.15, 0.2) is 0 Å². The van der Waals surface area contributed by atoms with Gasteiger partial charge in [-0.3, -0.25) is 14.5 Å². The molecule has 1 aliphatic rings. The van der Waals surface area contributed by atoms with Crippen molar-refractivity contribution in [3.63, 3.8) is 0 Å². The highest BCUT2D eigenvalue weighted by molar-refractivity contribution is 7.97. The number of likely N-dealkylation sites (tertiary alicyclic amines) is 1. The van der Waals surface area contributed by atoms with Gasteiger partial charge in [0.2, 0.25) is 0 Å². The van der Waals surface area contributed by atoms with Crippen molar-refractivity contribution in [2.75, 3.05) is 31.2 Å². The third-order valence-corrected chi connectivity index (χ3v) is 4.98. The van der Waals surface area contributed by atoms with E-state index in [0.717, 1.165) is 18.8 Å². The summed E-state index contributed by atoms with van der Waals surface area (Å²) in [4.78, 5) is 26.2. The highest BCUT2D eigenvalue weighted by Gasteiger charge is 2.18. The van der Waals surface area contributed by atoms with Crippen molar-refractivity contribution in [2.45, 2.75) is 38.0 Å². The van der Waals surface area contributed by atoms with Crippen LogP contribution in [0.5, 0.6) is 0 Å². The molecule has 0 aliphatic carbocycles. The Morgan fingerprint density at radius 3 is 2.62 bits per heavy atom. The first-order valence-corrected chi connectivity index (χ1v) is 9.90. The predicted octanol–water partition coefficient (Wildman–Crippen LogP) is 2.48. The van der Waals surface area contributed by atoms with E-state index >= 15 is 0 Å². The molecule has 2 amide bonds. The Morgan fingerprint density at radius 1 is 1.21 bits per heavy atom. The summed E-state index contributed by atoms with van der Waals surface area (Å²) in [5.41, 5.74) is 1.84. The Bertz CT molecular complexity index is 548. The van der Waals surface area contributed by atoms with Gasteiger partial charge >= 0.3 is 11.8 Å². The van der Waals surface area contributed by atoms with Gasteiger partial charge in [0.05, 0.1) is 0 Å². The lowest BCUT2D eigenvalue weighted by Gasteiger charge is -2.33. The van der Waals surface area contributed by atoms with Crippen molar-refractivity contribution in [3.8, 4) is 0 Å². The summed E-state index contributed by atoms with van der Waals surface area (Å²) in [5, 5.41) is 5.34. The fourth-order valence-corrected chi connectivity index (χ4v) is 3.45. The number of thioether (sulfide) groups is 1. The molecule has 0 spiro atoms. The van der Waals surface area contributed by atoms with Gasteiger partial charge in [-0.25, -0.2) is 0 Å². The fraction of sp³-hybridized carbons (Fsp3) is 0.556. The predicted molar refractivity (Wildman–Crippen MR) is 100 cm³/mol. The second-order valence-electron chi connectivity index (χ2n) is 6.22. The molecule has 0 bridgehead atoms. The molecular formula is C18H27N3O2S. The van der Waals surface area contributed by atoms with Crippen molar-refractivity contribution < 1.29 is 9.59 Å². The van der Waals surface area contributed by atoms with Crippen LogP contribution in [0.25, 0.3) is 0 Å². The van der Waals surface area contributed by atoms with Gasteiger partial charge in [0.1, 0.15) is 0 Å². The summed E-state index contributed by atoms with van der Waals surface area (Å²) in [6.07, 6.45) is 5.75. The molecule has 0 saturated carbocycles. The molecule has 1 aromatic carbocycles. The lowest BCUT2D eigenvalue weighted by Crippen LogP contribution is -2.44. The Kier molecular flexibility index (Phi) is 7.59. The fourth-order valence-electron chi connectivity index (χ4n) is 2.92. The second-order valence-corrected chi connectivity index (χ2v) is 7.09. The van der Waals surface area contributed by atoms with Crippen molar-refractivity contribution in [2.24, 2.45) is 0 Å². The first-order chi connectivity index (χ1) is 11.6. The highest BCUT2D eigenvalue weighted by atomic mass is 32.2. The van der Waals surface area contributed by atoms with E-state index in [1.807, 2.05) is 30.5 Å². The summed E-state index contributed by atoms with van der Waals surface area (Å²) < 4.78 is 0. The van der Waals surface area contributed by atoms with Gasteiger partial charge in [-0.05, 0) is 50.3 Å². The molecule has 1 aliphatic heterocycles. The van der Waals surface area contributed by atoms with E-state index in [-0.39, 0.29) is 0 Å². The normalized spacial score (nSPS) is 18.2. The number of carbonyl (C=O) groups excluding carboxylic acids is 2. The molecule has 2 N–H and O–H groups in total. The maximum Gasteiger partial charge on any atom is 0.313 e. The van der Waals surface area contributed by atoms with Crippen LogP contribution in [0, 0.1) is 0 Å². The molecule has 24 heavy (non-hydrogen) atoms. The molecule has 0 radical (unpaired) electrons. The van der Waals surface area contributed by atoms with Crippen molar-refractivity contribution in [1.82, 2.24) is 10.2 Å². The Morgan fingerprint density at radius 2 is 1.96 bits per heavy atom. The molecule has 5 nitrogen and oxygen atoms in total. The smallest absolute Gasteiger partial charge is 0.313 e. The number of nitrogens with zero attached hydrogens (tertiary/aromatic N) is 1. The minimum Gasteiger partial charge on any atom is -0.347 e. The topological polar surface area (TPSA) is 61.4 Å². The summed E-state index contributed by atoms with van der Waals surface area (Å²) in [5.74, 6) is -0.254. The lowest BCUT2D eigenvalue weighted by molar-refractivity contribution is -0.136. The molecule has 1 heterocycles. The number of benzene rings is 1. The van der Waals surface area contributed by atoms with Crippen LogP contribution in [0.15, 0.2) is 24.3 Å². The van der Waals surface area contributed by atoms with E-state index in [2.05, 4.69) is 22.5 Å². The van der Waals surface area contributed by atoms with Gasteiger partial charge in [0.25, 0.3) is 0 Å². The quantitative estimate of drug-likeness (QED) is 0.775. The monoisotopic (exact) mass is 349 g/mol. The van der Waals surface area contributed by atoms with E-state index in [4.69, 9.17) is 0 Å². The van der Waals surface area contributed by atoms with Gasteiger partial charge in [-0.2, -0.15) is 11.8 Å². The molecule has 1 fully saturated rings. The van der Waals surface area contributed by atoms with Crippen LogP contribution in [-0.4, -0.2) is 48.6 Å². The summed E-state index contributed by atoms with van der Waals surface area (Å²) >= 11 is 1.74. The van der Waals surface area contributed by atoms with Crippen LogP contribution < -0.4 is 10.6 Å². The molecule has 2 rings (SSSR count). The largest absolute Gasteiger partial charge is 0.347 e. The van der Waals surface area contributed by atoms with Crippen molar-refractivity contribution in [1.29, 1.82) is 0 Å². The van der Waals surface area contributed by atoms with Crippen molar-refractivity contribution >= 4 is 29.3 Å². The molecule has 132 valence electrons. The van der Waals surface area contributed by atoms with E-state index in [9.17, 15) is 9.59 Å². The average Bonchev–Trinajstić information content (AvgIpc) is 2.58. The van der Waals surface area contributed by atoms with Gasteiger partial charge in [-0.15, -0.1) is 0 Å². The van der Waals surface area contributed by atoms with E-state index < -0.39 is 11.8 Å². The average molecular weight is 350 g/mol. The SMILES string of the molecule is CSCc1ccc(NC(=O)C(=O)NCCN2CCCC[C@H]2C)cc1. The third kappa shape index (κ3) is 5.83. The minimum atomic E-state index is -0.612. The van der Waals surface area contributed by atoms with Crippen molar-refractivity contribution in [3.05, 3.63) is 29.8 Å². The van der Waals surface area contributed by atoms with E-state index in [0.29, 0.717) is 18.3 Å². The van der Waals surface area contributed by atoms with Crippen LogP contribution in [-0.2, 0) is 15.3 Å². The molecule has 0 unspecified atom stereocenters. The zero-order chi connectivity index (χ0) is 17.4. The van der Waals surface area contributed by atoms with E-state index in [1.54, 1.807) is 11.8 Å². The zero-order valence-electron chi connectivity index (χ0n) is 14.5. The molecular weight excluding hydrogens is 322 g/mol. The molecule has 0 aromatic heterocycles. The summed E-state index contributed by atoms with van der Waals surface area (Å²) in [6, 6.07) is 8.13. The van der Waals surface area contributed by atoms with E-state index in [1.165, 1.54) is 24.8 Å². The lowest BCUT2D eigenvalue weighted by atomic mass is 10.0. The number of carbonyl (C=O) groups is 2. The number of nitrogens with one attached hydrogen (secondary N) is 2.